The van der Waals surface area contributed by atoms with Gasteiger partial charge in [-0.2, -0.15) is 0 Å². The van der Waals surface area contributed by atoms with Crippen molar-refractivity contribution in [3.63, 3.8) is 0 Å². The van der Waals surface area contributed by atoms with Gasteiger partial charge >= 0.3 is 0 Å². The van der Waals surface area contributed by atoms with Crippen LogP contribution in [0.15, 0.2) is 46.6 Å². The van der Waals surface area contributed by atoms with E-state index in [9.17, 15) is 9.59 Å². The molecule has 0 aliphatic heterocycles. The Balaban J connectivity index is 1.47. The normalized spacial score (nSPS) is 23.8. The van der Waals surface area contributed by atoms with Gasteiger partial charge in [0.05, 0.1) is 10.3 Å². The number of rotatable bonds is 4. The number of hydrogen-bond donors (Lipinski definition) is 1. The topological polar surface area (TPSA) is 64.0 Å². The van der Waals surface area contributed by atoms with Crippen molar-refractivity contribution in [2.24, 2.45) is 17.8 Å². The van der Waals surface area contributed by atoms with Gasteiger partial charge in [0.25, 0.3) is 5.56 Å². The molecule has 0 radical (unpaired) electrons. The van der Waals surface area contributed by atoms with Gasteiger partial charge in [-0.05, 0) is 54.5 Å². The summed E-state index contributed by atoms with van der Waals surface area (Å²) in [5, 5.41) is 7.84. The van der Waals surface area contributed by atoms with Crippen LogP contribution < -0.4 is 11.0 Å². The Bertz CT molecular complexity index is 1060. The number of aromatic nitrogens is 2. The van der Waals surface area contributed by atoms with Crippen molar-refractivity contribution in [3.05, 3.63) is 52.1 Å². The van der Waals surface area contributed by atoms with Gasteiger partial charge in [0, 0.05) is 11.8 Å². The molecular weight excluding hydrogens is 358 g/mol. The predicted molar refractivity (Wildman–Crippen MR) is 107 cm³/mol. The molecule has 2 heterocycles. The van der Waals surface area contributed by atoms with Crippen LogP contribution >= 0.6 is 11.3 Å². The van der Waals surface area contributed by atoms with Gasteiger partial charge in [0.1, 0.15) is 5.69 Å². The van der Waals surface area contributed by atoms with E-state index < -0.39 is 0 Å². The lowest BCUT2D eigenvalue weighted by molar-refractivity contribution is -0.118. The average Bonchev–Trinajstić information content (AvgIpc) is 3.42. The number of benzene rings is 1. The highest BCUT2D eigenvalue weighted by Crippen LogP contribution is 2.49. The number of nitrogens with zero attached hydrogens (tertiary/aromatic N) is 2. The summed E-state index contributed by atoms with van der Waals surface area (Å²) in [6, 6.07) is 11.4. The lowest BCUT2D eigenvalue weighted by Gasteiger charge is -2.21. The summed E-state index contributed by atoms with van der Waals surface area (Å²) in [6.07, 6.45) is 5.47. The molecule has 2 bridgehead atoms. The van der Waals surface area contributed by atoms with E-state index in [0.29, 0.717) is 23.6 Å². The molecular formula is C21H21N3O2S. The maximum absolute atomic E-state index is 12.8. The maximum Gasteiger partial charge on any atom is 0.294 e. The van der Waals surface area contributed by atoms with Crippen molar-refractivity contribution < 1.29 is 4.79 Å². The molecule has 2 fully saturated rings. The number of fused-ring (bicyclic) bond motifs is 3. The molecule has 5 nitrogen and oxygen atoms in total. The van der Waals surface area contributed by atoms with Gasteiger partial charge in [0.15, 0.2) is 0 Å². The van der Waals surface area contributed by atoms with Crippen LogP contribution in [0.3, 0.4) is 0 Å². The third-order valence-electron chi connectivity index (χ3n) is 6.12. The summed E-state index contributed by atoms with van der Waals surface area (Å²) in [7, 11) is 0. The van der Waals surface area contributed by atoms with E-state index in [2.05, 4.69) is 10.5 Å². The molecule has 1 aromatic carbocycles. The predicted octanol–water partition coefficient (Wildman–Crippen LogP) is 4.02. The minimum absolute atomic E-state index is 0.116. The molecule has 2 aliphatic rings. The van der Waals surface area contributed by atoms with Crippen molar-refractivity contribution in [1.29, 1.82) is 0 Å². The Kier molecular flexibility index (Phi) is 4.08. The number of nitrogens with one attached hydrogen (secondary N) is 1. The molecule has 3 aromatic rings. The fraction of sp³-hybridized carbons (Fsp3) is 0.381. The fourth-order valence-electron chi connectivity index (χ4n) is 4.89. The molecule has 138 valence electrons. The Morgan fingerprint density at radius 2 is 2.00 bits per heavy atom. The van der Waals surface area contributed by atoms with Crippen LogP contribution in [-0.4, -0.2) is 15.8 Å². The molecule has 3 unspecified atom stereocenters. The van der Waals surface area contributed by atoms with Crippen LogP contribution in [0.2, 0.25) is 0 Å². The van der Waals surface area contributed by atoms with Crippen LogP contribution in [0.4, 0.5) is 0 Å². The highest BCUT2D eigenvalue weighted by Gasteiger charge is 2.40. The fourth-order valence-corrected chi connectivity index (χ4v) is 5.61. The summed E-state index contributed by atoms with van der Waals surface area (Å²) in [5.74, 6) is 1.83. The quantitative estimate of drug-likeness (QED) is 0.745. The molecule has 3 atom stereocenters. The van der Waals surface area contributed by atoms with Crippen LogP contribution in [0, 0.1) is 17.8 Å². The van der Waals surface area contributed by atoms with Crippen molar-refractivity contribution >= 4 is 28.0 Å². The zero-order chi connectivity index (χ0) is 18.4. The summed E-state index contributed by atoms with van der Waals surface area (Å²) in [5.41, 5.74) is 3.19. The summed E-state index contributed by atoms with van der Waals surface area (Å²) in [6.45, 7) is 0. The van der Waals surface area contributed by atoms with Gasteiger partial charge in [-0.1, -0.05) is 30.7 Å². The van der Waals surface area contributed by atoms with E-state index in [-0.39, 0.29) is 11.5 Å². The Hall–Kier alpha value is -2.47. The van der Waals surface area contributed by atoms with Crippen LogP contribution in [0.1, 0.15) is 32.1 Å². The average molecular weight is 379 g/mol. The van der Waals surface area contributed by atoms with Crippen LogP contribution in [0.5, 0.6) is 0 Å². The molecule has 5 rings (SSSR count). The Labute approximate surface area is 161 Å². The molecule has 2 aromatic heterocycles. The lowest BCUT2D eigenvalue weighted by Crippen LogP contribution is -2.36. The van der Waals surface area contributed by atoms with E-state index in [4.69, 9.17) is 0 Å². The minimum atomic E-state index is -0.285. The molecule has 2 aliphatic carbocycles. The molecule has 0 saturated heterocycles. The molecule has 1 N–H and O–H groups in total. The van der Waals surface area contributed by atoms with Crippen LogP contribution in [0.25, 0.3) is 21.3 Å². The zero-order valence-electron chi connectivity index (χ0n) is 14.9. The molecule has 1 amide bonds. The van der Waals surface area contributed by atoms with E-state index in [1.165, 1.54) is 19.3 Å². The van der Waals surface area contributed by atoms with E-state index in [1.54, 1.807) is 17.4 Å². The largest absolute Gasteiger partial charge is 0.294 e. The monoisotopic (exact) mass is 379 g/mol. The van der Waals surface area contributed by atoms with E-state index >= 15 is 0 Å². The first-order valence-electron chi connectivity index (χ1n) is 9.55. The number of carbonyl (C=O) groups is 1. The highest BCUT2D eigenvalue weighted by molar-refractivity contribution is 7.13. The zero-order valence-corrected chi connectivity index (χ0v) is 15.7. The smallest absolute Gasteiger partial charge is 0.273 e. The standard InChI is InChI=1S/C21H21N3O2S/c25-19(12-15-11-13-7-8-14(15)10-13)22-24-21(26)17-5-2-1-4-16(17)20(23-24)18-6-3-9-27-18/h1-6,9,13-15H,7-8,10-12H2,(H,22,25). The molecule has 0 spiro atoms. The summed E-state index contributed by atoms with van der Waals surface area (Å²) in [4.78, 5) is 27.6. The first-order valence-corrected chi connectivity index (χ1v) is 10.4. The summed E-state index contributed by atoms with van der Waals surface area (Å²) < 4.78 is 0. The van der Waals surface area contributed by atoms with Gasteiger partial charge in [-0.3, -0.25) is 9.59 Å². The lowest BCUT2D eigenvalue weighted by atomic mass is 9.86. The van der Waals surface area contributed by atoms with Crippen molar-refractivity contribution in [1.82, 2.24) is 9.89 Å². The first-order chi connectivity index (χ1) is 13.2. The van der Waals surface area contributed by atoms with Crippen molar-refractivity contribution in [2.75, 3.05) is 5.43 Å². The molecule has 27 heavy (non-hydrogen) atoms. The SMILES string of the molecule is O=C(CC1CC2CCC1C2)Nn1nc(-c2cccs2)c2ccccc2c1=O. The first kappa shape index (κ1) is 16.7. The number of hydrogen-bond acceptors (Lipinski definition) is 4. The van der Waals surface area contributed by atoms with Gasteiger partial charge in [-0.25, -0.2) is 5.43 Å². The van der Waals surface area contributed by atoms with Crippen molar-refractivity contribution in [3.8, 4) is 10.6 Å². The van der Waals surface area contributed by atoms with Gasteiger partial charge < -0.3 is 0 Å². The second-order valence-electron chi connectivity index (χ2n) is 7.76. The van der Waals surface area contributed by atoms with Crippen molar-refractivity contribution in [2.45, 2.75) is 32.1 Å². The number of amides is 1. The minimum Gasteiger partial charge on any atom is -0.273 e. The Morgan fingerprint density at radius 1 is 1.15 bits per heavy atom. The van der Waals surface area contributed by atoms with Gasteiger partial charge in [-0.15, -0.1) is 21.2 Å². The number of thiophene rings is 1. The third kappa shape index (κ3) is 2.98. The second kappa shape index (κ2) is 6.60. The number of carbonyl (C=O) groups excluding carboxylic acids is 1. The molecule has 2 saturated carbocycles. The maximum atomic E-state index is 12.8. The third-order valence-corrected chi connectivity index (χ3v) is 7.00. The van der Waals surface area contributed by atoms with E-state index in [1.807, 2.05) is 35.7 Å². The molecule has 6 heteroatoms. The summed E-state index contributed by atoms with van der Waals surface area (Å²) >= 11 is 1.57. The van der Waals surface area contributed by atoms with Gasteiger partial charge in [0.2, 0.25) is 5.91 Å². The van der Waals surface area contributed by atoms with E-state index in [0.717, 1.165) is 33.1 Å². The Morgan fingerprint density at radius 3 is 2.70 bits per heavy atom. The second-order valence-corrected chi connectivity index (χ2v) is 8.71. The highest BCUT2D eigenvalue weighted by atomic mass is 32.1. The van der Waals surface area contributed by atoms with Crippen LogP contribution in [-0.2, 0) is 4.79 Å².